The van der Waals surface area contributed by atoms with E-state index in [1.165, 1.54) is 12.0 Å². The fourth-order valence-corrected chi connectivity index (χ4v) is 3.23. The third-order valence-corrected chi connectivity index (χ3v) is 4.85. The molecule has 1 aliphatic rings. The maximum atomic E-state index is 12.4. The molecular formula is C21H28N4O. The van der Waals surface area contributed by atoms with Gasteiger partial charge in [0.05, 0.1) is 5.56 Å². The Morgan fingerprint density at radius 2 is 1.81 bits per heavy atom. The van der Waals surface area contributed by atoms with Crippen LogP contribution in [0.15, 0.2) is 36.7 Å². The van der Waals surface area contributed by atoms with Gasteiger partial charge in [0.1, 0.15) is 0 Å². The lowest BCUT2D eigenvalue weighted by molar-refractivity contribution is 0.102. The van der Waals surface area contributed by atoms with Crippen molar-refractivity contribution in [1.82, 2.24) is 9.97 Å². The third kappa shape index (κ3) is 4.40. The van der Waals surface area contributed by atoms with Crippen molar-refractivity contribution >= 4 is 17.5 Å². The number of carbonyl (C=O) groups excluding carboxylic acids is 1. The molecule has 1 fully saturated rings. The average Bonchev–Trinajstić information content (AvgIpc) is 2.61. The molecule has 2 heterocycles. The van der Waals surface area contributed by atoms with Crippen molar-refractivity contribution in [3.8, 4) is 0 Å². The van der Waals surface area contributed by atoms with Crippen molar-refractivity contribution in [2.45, 2.75) is 46.0 Å². The van der Waals surface area contributed by atoms with E-state index < -0.39 is 0 Å². The van der Waals surface area contributed by atoms with E-state index in [1.54, 1.807) is 12.4 Å². The molecule has 26 heavy (non-hydrogen) atoms. The van der Waals surface area contributed by atoms with Gasteiger partial charge in [-0.15, -0.1) is 0 Å². The second-order valence-corrected chi connectivity index (χ2v) is 8.25. The van der Waals surface area contributed by atoms with Gasteiger partial charge in [-0.3, -0.25) is 4.79 Å². The number of anilines is 2. The fraction of sp³-hybridized carbons (Fsp3) is 0.476. The van der Waals surface area contributed by atoms with Crippen LogP contribution in [0.4, 0.5) is 11.6 Å². The average molecular weight is 352 g/mol. The van der Waals surface area contributed by atoms with Crippen molar-refractivity contribution in [2.75, 3.05) is 23.3 Å². The van der Waals surface area contributed by atoms with E-state index >= 15 is 0 Å². The molecule has 1 saturated heterocycles. The van der Waals surface area contributed by atoms with Crippen LogP contribution in [0.3, 0.4) is 0 Å². The van der Waals surface area contributed by atoms with E-state index in [-0.39, 0.29) is 11.3 Å². The van der Waals surface area contributed by atoms with Gasteiger partial charge >= 0.3 is 0 Å². The number of benzene rings is 1. The van der Waals surface area contributed by atoms with Crippen molar-refractivity contribution in [3.05, 3.63) is 47.8 Å². The zero-order valence-electron chi connectivity index (χ0n) is 16.1. The highest BCUT2D eigenvalue weighted by Gasteiger charge is 2.19. The van der Waals surface area contributed by atoms with Crippen LogP contribution in [0, 0.1) is 5.92 Å². The van der Waals surface area contributed by atoms with Gasteiger partial charge in [0, 0.05) is 31.2 Å². The lowest BCUT2D eigenvalue weighted by atomic mass is 9.87. The number of hydrogen-bond donors (Lipinski definition) is 1. The van der Waals surface area contributed by atoms with Crippen LogP contribution in [0.2, 0.25) is 0 Å². The first-order valence-electron chi connectivity index (χ1n) is 9.32. The molecular weight excluding hydrogens is 324 g/mol. The van der Waals surface area contributed by atoms with Gasteiger partial charge in [0.15, 0.2) is 0 Å². The first-order chi connectivity index (χ1) is 12.3. The molecule has 0 aliphatic carbocycles. The molecule has 138 valence electrons. The van der Waals surface area contributed by atoms with Crippen LogP contribution in [0.1, 0.15) is 56.5 Å². The zero-order chi connectivity index (χ0) is 18.7. The smallest absolute Gasteiger partial charge is 0.258 e. The Labute approximate surface area is 155 Å². The summed E-state index contributed by atoms with van der Waals surface area (Å²) in [5.74, 6) is 1.18. The highest BCUT2D eigenvalue weighted by Crippen LogP contribution is 2.24. The molecule has 2 aromatic rings. The number of rotatable bonds is 3. The Kier molecular flexibility index (Phi) is 5.25. The summed E-state index contributed by atoms with van der Waals surface area (Å²) in [4.78, 5) is 23.4. The van der Waals surface area contributed by atoms with E-state index in [1.807, 2.05) is 24.3 Å². The molecule has 1 aromatic heterocycles. The van der Waals surface area contributed by atoms with Crippen molar-refractivity contribution < 1.29 is 4.79 Å². The summed E-state index contributed by atoms with van der Waals surface area (Å²) in [6.45, 7) is 10.7. The minimum Gasteiger partial charge on any atom is -0.341 e. The number of hydrogen-bond acceptors (Lipinski definition) is 4. The maximum absolute atomic E-state index is 12.4. The quantitative estimate of drug-likeness (QED) is 0.896. The van der Waals surface area contributed by atoms with Crippen LogP contribution in [0.25, 0.3) is 0 Å². The Morgan fingerprint density at radius 3 is 2.38 bits per heavy atom. The summed E-state index contributed by atoms with van der Waals surface area (Å²) in [5.41, 5.74) is 2.58. The topological polar surface area (TPSA) is 58.1 Å². The van der Waals surface area contributed by atoms with Gasteiger partial charge in [-0.1, -0.05) is 39.8 Å². The molecule has 1 N–H and O–H groups in total. The molecule has 0 saturated carbocycles. The van der Waals surface area contributed by atoms with Gasteiger partial charge in [0.25, 0.3) is 5.91 Å². The number of nitrogens with zero attached hydrogens (tertiary/aromatic N) is 3. The Balaban J connectivity index is 1.64. The molecule has 0 bridgehead atoms. The van der Waals surface area contributed by atoms with Gasteiger partial charge in [-0.2, -0.15) is 0 Å². The standard InChI is InChI=1S/C21H28N4O/c1-15-6-5-11-25(14-15)20-22-12-16(13-23-20)19(26)24-18-9-7-17(8-10-18)21(2,3)4/h7-10,12-13,15H,5-6,11,14H2,1-4H3,(H,24,26). The molecule has 5 nitrogen and oxygen atoms in total. The molecule has 1 aliphatic heterocycles. The number of aromatic nitrogens is 2. The second kappa shape index (κ2) is 7.44. The molecule has 1 unspecified atom stereocenters. The molecule has 5 heteroatoms. The van der Waals surface area contributed by atoms with Crippen LogP contribution >= 0.6 is 0 Å². The van der Waals surface area contributed by atoms with Crippen molar-refractivity contribution in [2.24, 2.45) is 5.92 Å². The molecule has 0 radical (unpaired) electrons. The zero-order valence-corrected chi connectivity index (χ0v) is 16.1. The van der Waals surface area contributed by atoms with Gasteiger partial charge in [-0.05, 0) is 41.9 Å². The summed E-state index contributed by atoms with van der Waals surface area (Å²) >= 11 is 0. The Hall–Kier alpha value is -2.43. The molecule has 3 rings (SSSR count). The summed E-state index contributed by atoms with van der Waals surface area (Å²) in [7, 11) is 0. The summed E-state index contributed by atoms with van der Waals surface area (Å²) < 4.78 is 0. The minimum atomic E-state index is -0.188. The lowest BCUT2D eigenvalue weighted by Crippen LogP contribution is -2.35. The number of piperidine rings is 1. The van der Waals surface area contributed by atoms with E-state index in [0.29, 0.717) is 17.4 Å². The van der Waals surface area contributed by atoms with Gasteiger partial charge in [-0.25, -0.2) is 9.97 Å². The van der Waals surface area contributed by atoms with Gasteiger partial charge in [0.2, 0.25) is 5.95 Å². The van der Waals surface area contributed by atoms with Crippen molar-refractivity contribution in [3.63, 3.8) is 0 Å². The normalized spacial score (nSPS) is 17.8. The number of nitrogens with one attached hydrogen (secondary N) is 1. The van der Waals surface area contributed by atoms with E-state index in [9.17, 15) is 4.79 Å². The summed E-state index contributed by atoms with van der Waals surface area (Å²) in [5, 5.41) is 2.91. The largest absolute Gasteiger partial charge is 0.341 e. The molecule has 1 amide bonds. The van der Waals surface area contributed by atoms with Gasteiger partial charge < -0.3 is 10.2 Å². The summed E-state index contributed by atoms with van der Waals surface area (Å²) in [6, 6.07) is 7.96. The summed E-state index contributed by atoms with van der Waals surface area (Å²) in [6.07, 6.45) is 5.64. The Bertz CT molecular complexity index is 747. The van der Waals surface area contributed by atoms with E-state index in [4.69, 9.17) is 0 Å². The fourth-order valence-electron chi connectivity index (χ4n) is 3.23. The van der Waals surface area contributed by atoms with Crippen molar-refractivity contribution in [1.29, 1.82) is 0 Å². The van der Waals surface area contributed by atoms with Crippen LogP contribution in [-0.4, -0.2) is 29.0 Å². The monoisotopic (exact) mass is 352 g/mol. The van der Waals surface area contributed by atoms with E-state index in [0.717, 1.165) is 25.2 Å². The SMILES string of the molecule is CC1CCCN(c2ncc(C(=O)Nc3ccc(C(C)(C)C)cc3)cn2)C1. The van der Waals surface area contributed by atoms with Crippen LogP contribution in [-0.2, 0) is 5.41 Å². The second-order valence-electron chi connectivity index (χ2n) is 8.25. The first kappa shape index (κ1) is 18.4. The number of amides is 1. The first-order valence-corrected chi connectivity index (χ1v) is 9.32. The van der Waals surface area contributed by atoms with E-state index in [2.05, 4.69) is 47.9 Å². The molecule has 0 spiro atoms. The Morgan fingerprint density at radius 1 is 1.15 bits per heavy atom. The molecule has 1 aromatic carbocycles. The maximum Gasteiger partial charge on any atom is 0.258 e. The predicted octanol–water partition coefficient (Wildman–Crippen LogP) is 4.26. The number of carbonyl (C=O) groups is 1. The highest BCUT2D eigenvalue weighted by atomic mass is 16.1. The third-order valence-electron chi connectivity index (χ3n) is 4.85. The predicted molar refractivity (Wildman–Crippen MR) is 106 cm³/mol. The molecule has 1 atom stereocenters. The highest BCUT2D eigenvalue weighted by molar-refractivity contribution is 6.03. The van der Waals surface area contributed by atoms with Crippen LogP contribution < -0.4 is 10.2 Å². The van der Waals surface area contributed by atoms with Crippen LogP contribution in [0.5, 0.6) is 0 Å². The minimum absolute atomic E-state index is 0.0954. The lowest BCUT2D eigenvalue weighted by Gasteiger charge is -2.30.